The summed E-state index contributed by atoms with van der Waals surface area (Å²) in [7, 11) is 0. The van der Waals surface area contributed by atoms with Crippen LogP contribution in [0.5, 0.6) is 0 Å². The highest BCUT2D eigenvalue weighted by atomic mass is 32.2. The zero-order valence-corrected chi connectivity index (χ0v) is 14.1. The highest BCUT2D eigenvalue weighted by Crippen LogP contribution is 2.28. The zero-order chi connectivity index (χ0) is 15.2. The van der Waals surface area contributed by atoms with E-state index in [0.717, 1.165) is 28.8 Å². The minimum absolute atomic E-state index is 0.0465. The van der Waals surface area contributed by atoms with E-state index in [4.69, 9.17) is 0 Å². The number of thiophene rings is 1. The van der Waals surface area contributed by atoms with Crippen LogP contribution in [0, 0.1) is 0 Å². The number of thioether (sulfide) groups is 1. The molecule has 0 aromatic carbocycles. The van der Waals surface area contributed by atoms with E-state index < -0.39 is 0 Å². The maximum atomic E-state index is 12.0. The number of hydrogen-bond acceptors (Lipinski definition) is 5. The Balaban J connectivity index is 2.12. The first kappa shape index (κ1) is 16.0. The van der Waals surface area contributed by atoms with E-state index in [1.807, 2.05) is 31.4 Å². The maximum Gasteiger partial charge on any atom is 0.233 e. The summed E-state index contributed by atoms with van der Waals surface area (Å²) in [6.45, 7) is 7.50. The number of hydrogen-bond donors (Lipinski definition) is 1. The van der Waals surface area contributed by atoms with Gasteiger partial charge in [-0.15, -0.1) is 21.5 Å². The van der Waals surface area contributed by atoms with Crippen LogP contribution in [0.2, 0.25) is 0 Å². The fraction of sp³-hybridized carbons (Fsp3) is 0.500. The van der Waals surface area contributed by atoms with Crippen molar-refractivity contribution in [3.63, 3.8) is 0 Å². The number of carbonyl (C=O) groups is 1. The molecule has 2 rings (SSSR count). The van der Waals surface area contributed by atoms with E-state index >= 15 is 0 Å². The molecule has 1 unspecified atom stereocenters. The van der Waals surface area contributed by atoms with Gasteiger partial charge in [0, 0.05) is 13.1 Å². The van der Waals surface area contributed by atoms with E-state index in [-0.39, 0.29) is 11.2 Å². The predicted molar refractivity (Wildman–Crippen MR) is 87.6 cm³/mol. The van der Waals surface area contributed by atoms with Gasteiger partial charge in [0.05, 0.1) is 10.1 Å². The SMILES string of the molecule is CCCNC(=O)C(C)Sc1nnc(-c2cccs2)n1CC. The lowest BCUT2D eigenvalue weighted by molar-refractivity contribution is -0.120. The quantitative estimate of drug-likeness (QED) is 0.795. The average molecular weight is 324 g/mol. The molecule has 1 amide bonds. The molecule has 0 bridgehead atoms. The second kappa shape index (κ2) is 7.61. The topological polar surface area (TPSA) is 59.8 Å². The lowest BCUT2D eigenvalue weighted by Crippen LogP contribution is -2.31. The summed E-state index contributed by atoms with van der Waals surface area (Å²) in [4.78, 5) is 13.1. The number of nitrogens with zero attached hydrogens (tertiary/aromatic N) is 3. The minimum Gasteiger partial charge on any atom is -0.355 e. The molecule has 5 nitrogen and oxygen atoms in total. The first-order chi connectivity index (χ1) is 10.2. The van der Waals surface area contributed by atoms with Gasteiger partial charge in [0.1, 0.15) is 0 Å². The van der Waals surface area contributed by atoms with Crippen LogP contribution in [-0.2, 0) is 11.3 Å². The molecule has 114 valence electrons. The Hall–Kier alpha value is -1.34. The number of nitrogens with one attached hydrogen (secondary N) is 1. The van der Waals surface area contributed by atoms with Crippen LogP contribution in [0.1, 0.15) is 27.2 Å². The summed E-state index contributed by atoms with van der Waals surface area (Å²) >= 11 is 3.10. The van der Waals surface area contributed by atoms with Gasteiger partial charge in [0.25, 0.3) is 0 Å². The molecule has 0 aliphatic heterocycles. The van der Waals surface area contributed by atoms with Crippen molar-refractivity contribution in [2.75, 3.05) is 6.54 Å². The van der Waals surface area contributed by atoms with Gasteiger partial charge in [-0.3, -0.25) is 4.79 Å². The summed E-state index contributed by atoms with van der Waals surface area (Å²) in [6, 6.07) is 4.04. The molecule has 0 saturated heterocycles. The van der Waals surface area contributed by atoms with Crippen molar-refractivity contribution in [1.82, 2.24) is 20.1 Å². The Morgan fingerprint density at radius 2 is 2.29 bits per heavy atom. The smallest absolute Gasteiger partial charge is 0.233 e. The number of aromatic nitrogens is 3. The van der Waals surface area contributed by atoms with Crippen molar-refractivity contribution in [2.24, 2.45) is 0 Å². The van der Waals surface area contributed by atoms with Gasteiger partial charge in [-0.1, -0.05) is 24.8 Å². The molecule has 0 spiro atoms. The Bertz CT molecular complexity index is 580. The lowest BCUT2D eigenvalue weighted by atomic mass is 10.4. The lowest BCUT2D eigenvalue weighted by Gasteiger charge is -2.12. The fourth-order valence-electron chi connectivity index (χ4n) is 1.85. The van der Waals surface area contributed by atoms with E-state index in [2.05, 4.69) is 27.0 Å². The van der Waals surface area contributed by atoms with Gasteiger partial charge in [0.2, 0.25) is 5.91 Å². The summed E-state index contributed by atoms with van der Waals surface area (Å²) in [6.07, 6.45) is 0.941. The van der Waals surface area contributed by atoms with Crippen LogP contribution < -0.4 is 5.32 Å². The molecule has 0 radical (unpaired) electrons. The van der Waals surface area contributed by atoms with E-state index in [9.17, 15) is 4.79 Å². The molecule has 0 aliphatic carbocycles. The summed E-state index contributed by atoms with van der Waals surface area (Å²) in [5, 5.41) is 14.1. The molecule has 0 saturated carbocycles. The normalized spacial score (nSPS) is 12.3. The van der Waals surface area contributed by atoms with Crippen molar-refractivity contribution >= 4 is 29.0 Å². The second-order valence-corrected chi connectivity index (χ2v) is 6.83. The Morgan fingerprint density at radius 1 is 1.48 bits per heavy atom. The molecule has 1 atom stereocenters. The summed E-state index contributed by atoms with van der Waals surface area (Å²) < 4.78 is 2.06. The highest BCUT2D eigenvalue weighted by molar-refractivity contribution is 8.00. The van der Waals surface area contributed by atoms with Gasteiger partial charge in [-0.25, -0.2) is 0 Å². The Kier molecular flexibility index (Phi) is 5.81. The van der Waals surface area contributed by atoms with E-state index in [1.165, 1.54) is 11.8 Å². The van der Waals surface area contributed by atoms with Crippen LogP contribution in [0.4, 0.5) is 0 Å². The van der Waals surface area contributed by atoms with Gasteiger partial charge in [-0.2, -0.15) is 0 Å². The van der Waals surface area contributed by atoms with Crippen molar-refractivity contribution in [2.45, 2.75) is 44.1 Å². The molecule has 1 N–H and O–H groups in total. The second-order valence-electron chi connectivity index (χ2n) is 4.58. The summed E-state index contributed by atoms with van der Waals surface area (Å²) in [5.74, 6) is 0.918. The molecular formula is C14H20N4OS2. The standard InChI is InChI=1S/C14H20N4OS2/c1-4-8-15-13(19)10(3)21-14-17-16-12(18(14)5-2)11-7-6-9-20-11/h6-7,9-10H,4-5,8H2,1-3H3,(H,15,19). The highest BCUT2D eigenvalue weighted by Gasteiger charge is 2.20. The molecule has 0 aliphatic rings. The Morgan fingerprint density at radius 3 is 2.90 bits per heavy atom. The van der Waals surface area contributed by atoms with Gasteiger partial charge < -0.3 is 9.88 Å². The van der Waals surface area contributed by atoms with Crippen molar-refractivity contribution in [3.8, 4) is 10.7 Å². The molecule has 2 aromatic heterocycles. The molecule has 21 heavy (non-hydrogen) atoms. The Labute approximate surface area is 133 Å². The third-order valence-corrected chi connectivity index (χ3v) is 4.92. The monoisotopic (exact) mass is 324 g/mol. The third kappa shape index (κ3) is 3.85. The number of rotatable bonds is 7. The van der Waals surface area contributed by atoms with Crippen molar-refractivity contribution in [3.05, 3.63) is 17.5 Å². The number of carbonyl (C=O) groups excluding carboxylic acids is 1. The van der Waals surface area contributed by atoms with Crippen LogP contribution in [0.15, 0.2) is 22.7 Å². The van der Waals surface area contributed by atoms with Crippen molar-refractivity contribution in [1.29, 1.82) is 0 Å². The van der Waals surface area contributed by atoms with E-state index in [0.29, 0.717) is 6.54 Å². The predicted octanol–water partition coefficient (Wildman–Crippen LogP) is 3.03. The van der Waals surface area contributed by atoms with Gasteiger partial charge >= 0.3 is 0 Å². The van der Waals surface area contributed by atoms with Crippen molar-refractivity contribution < 1.29 is 4.79 Å². The molecule has 2 aromatic rings. The van der Waals surface area contributed by atoms with E-state index in [1.54, 1.807) is 11.3 Å². The van der Waals surface area contributed by atoms with Gasteiger partial charge in [0.15, 0.2) is 11.0 Å². The van der Waals surface area contributed by atoms with Crippen LogP contribution in [0.25, 0.3) is 10.7 Å². The first-order valence-corrected chi connectivity index (χ1v) is 8.84. The zero-order valence-electron chi connectivity index (χ0n) is 12.5. The van der Waals surface area contributed by atoms with Crippen LogP contribution in [-0.4, -0.2) is 32.5 Å². The van der Waals surface area contributed by atoms with Crippen LogP contribution >= 0.6 is 23.1 Å². The average Bonchev–Trinajstić information content (AvgIpc) is 3.13. The molecule has 2 heterocycles. The fourth-order valence-corrected chi connectivity index (χ4v) is 3.51. The maximum absolute atomic E-state index is 12.0. The molecule has 7 heteroatoms. The molecule has 0 fully saturated rings. The minimum atomic E-state index is -0.178. The largest absolute Gasteiger partial charge is 0.355 e. The molecular weight excluding hydrogens is 304 g/mol. The first-order valence-electron chi connectivity index (χ1n) is 7.08. The van der Waals surface area contributed by atoms with Gasteiger partial charge in [-0.05, 0) is 31.7 Å². The third-order valence-electron chi connectivity index (χ3n) is 2.98. The van der Waals surface area contributed by atoms with Crippen LogP contribution in [0.3, 0.4) is 0 Å². The summed E-state index contributed by atoms with van der Waals surface area (Å²) in [5.41, 5.74) is 0. The number of amides is 1.